The molecule has 0 saturated carbocycles. The number of H-pyrrole nitrogens is 1. The van der Waals surface area contributed by atoms with E-state index in [9.17, 15) is 0 Å². The summed E-state index contributed by atoms with van der Waals surface area (Å²) >= 11 is 6.14. The van der Waals surface area contributed by atoms with Gasteiger partial charge in [-0.3, -0.25) is 0 Å². The summed E-state index contributed by atoms with van der Waals surface area (Å²) in [6, 6.07) is 11.8. The average molecular weight is 448 g/mol. The largest absolute Gasteiger partial charge is 0.496 e. The maximum atomic E-state index is 6.14. The quantitative estimate of drug-likeness (QED) is 0.345. The number of hydrogen-bond acceptors (Lipinski definition) is 6. The molecule has 0 saturated heterocycles. The zero-order chi connectivity index (χ0) is 22.4. The van der Waals surface area contributed by atoms with Crippen LogP contribution in [-0.2, 0) is 6.54 Å². The summed E-state index contributed by atoms with van der Waals surface area (Å²) in [5, 5.41) is 10.1. The Morgan fingerprint density at radius 3 is 2.69 bits per heavy atom. The lowest BCUT2D eigenvalue weighted by molar-refractivity contribution is 0.393. The van der Waals surface area contributed by atoms with Gasteiger partial charge < -0.3 is 19.6 Å². The lowest BCUT2D eigenvalue weighted by Crippen LogP contribution is -2.04. The number of methoxy groups -OCH3 is 1. The Hall–Kier alpha value is -3.58. The van der Waals surface area contributed by atoms with Gasteiger partial charge in [-0.1, -0.05) is 28.9 Å². The molecule has 0 amide bonds. The SMILES string of the molecule is COc1cc2c(cc1-c1c(C)noc1C)[nH]c1nc(C)nc(NCc3cccc(Cl)c3)c12. The molecule has 3 heterocycles. The van der Waals surface area contributed by atoms with Crippen LogP contribution in [0.15, 0.2) is 40.9 Å². The molecule has 0 aliphatic heterocycles. The van der Waals surface area contributed by atoms with Crippen molar-refractivity contribution in [3.63, 3.8) is 0 Å². The molecule has 8 heteroatoms. The van der Waals surface area contributed by atoms with Gasteiger partial charge in [0.15, 0.2) is 0 Å². The third-order valence-corrected chi connectivity index (χ3v) is 5.77. The smallest absolute Gasteiger partial charge is 0.144 e. The summed E-state index contributed by atoms with van der Waals surface area (Å²) in [4.78, 5) is 12.7. The van der Waals surface area contributed by atoms with E-state index in [0.717, 1.165) is 61.6 Å². The number of anilines is 1. The molecule has 0 atom stereocenters. The van der Waals surface area contributed by atoms with Crippen LogP contribution in [0.2, 0.25) is 5.02 Å². The molecule has 162 valence electrons. The van der Waals surface area contributed by atoms with Crippen molar-refractivity contribution in [1.29, 1.82) is 0 Å². The van der Waals surface area contributed by atoms with Crippen LogP contribution in [0.5, 0.6) is 5.75 Å². The summed E-state index contributed by atoms with van der Waals surface area (Å²) in [6.45, 7) is 6.29. The van der Waals surface area contributed by atoms with Crippen LogP contribution in [0.3, 0.4) is 0 Å². The molecule has 0 radical (unpaired) electrons. The molecule has 0 unspecified atom stereocenters. The first kappa shape index (κ1) is 20.3. The first-order valence-corrected chi connectivity index (χ1v) is 10.6. The number of rotatable bonds is 5. The van der Waals surface area contributed by atoms with Gasteiger partial charge in [-0.05, 0) is 50.6 Å². The van der Waals surface area contributed by atoms with Gasteiger partial charge in [0.05, 0.1) is 23.8 Å². The van der Waals surface area contributed by atoms with Crippen LogP contribution in [0.1, 0.15) is 22.8 Å². The molecule has 2 aromatic carbocycles. The summed E-state index contributed by atoms with van der Waals surface area (Å²) in [5.41, 5.74) is 5.43. The molecule has 5 rings (SSSR count). The van der Waals surface area contributed by atoms with Crippen LogP contribution >= 0.6 is 11.6 Å². The minimum Gasteiger partial charge on any atom is -0.496 e. The van der Waals surface area contributed by atoms with Gasteiger partial charge in [0.1, 0.15) is 28.8 Å². The van der Waals surface area contributed by atoms with Crippen molar-refractivity contribution in [2.24, 2.45) is 0 Å². The number of ether oxygens (including phenoxy) is 1. The van der Waals surface area contributed by atoms with Crippen molar-refractivity contribution in [3.8, 4) is 16.9 Å². The van der Waals surface area contributed by atoms with Crippen molar-refractivity contribution < 1.29 is 9.26 Å². The number of aromatic amines is 1. The number of nitrogens with one attached hydrogen (secondary N) is 2. The molecule has 0 fully saturated rings. The zero-order valence-electron chi connectivity index (χ0n) is 18.2. The van der Waals surface area contributed by atoms with E-state index >= 15 is 0 Å². The van der Waals surface area contributed by atoms with Crippen LogP contribution in [-0.4, -0.2) is 27.2 Å². The van der Waals surface area contributed by atoms with Crippen LogP contribution in [0, 0.1) is 20.8 Å². The van der Waals surface area contributed by atoms with E-state index in [4.69, 9.17) is 20.9 Å². The van der Waals surface area contributed by atoms with E-state index in [1.165, 1.54) is 0 Å². The van der Waals surface area contributed by atoms with E-state index in [1.54, 1.807) is 7.11 Å². The highest BCUT2D eigenvalue weighted by Gasteiger charge is 2.20. The summed E-state index contributed by atoms with van der Waals surface area (Å²) < 4.78 is 11.1. The molecule has 5 aromatic rings. The fourth-order valence-corrected chi connectivity index (χ4v) is 4.34. The monoisotopic (exact) mass is 447 g/mol. The van der Waals surface area contributed by atoms with E-state index in [2.05, 4.69) is 31.5 Å². The predicted molar refractivity (Wildman–Crippen MR) is 126 cm³/mol. The normalized spacial score (nSPS) is 11.4. The number of nitrogens with zero attached hydrogens (tertiary/aromatic N) is 3. The highest BCUT2D eigenvalue weighted by atomic mass is 35.5. The Balaban J connectivity index is 1.67. The Kier molecular flexibility index (Phi) is 4.98. The molecular weight excluding hydrogens is 426 g/mol. The van der Waals surface area contributed by atoms with E-state index in [1.807, 2.05) is 51.1 Å². The standard InChI is InChI=1S/C24H22ClN5O2/c1-12-21(13(2)32-30-12)18-9-19-17(10-20(18)31-4)22-23(27-14(3)28-24(22)29-19)26-11-15-6-5-7-16(25)8-15/h5-10H,11H2,1-4H3,(H2,26,27,28,29). The van der Waals surface area contributed by atoms with Crippen molar-refractivity contribution in [2.45, 2.75) is 27.3 Å². The molecular formula is C24H22ClN5O2. The number of fused-ring (bicyclic) bond motifs is 3. The van der Waals surface area contributed by atoms with Crippen molar-refractivity contribution in [3.05, 3.63) is 64.3 Å². The van der Waals surface area contributed by atoms with Gasteiger partial charge in [0.25, 0.3) is 0 Å². The number of hydrogen-bond donors (Lipinski definition) is 2. The third-order valence-electron chi connectivity index (χ3n) is 5.53. The van der Waals surface area contributed by atoms with Gasteiger partial charge >= 0.3 is 0 Å². The second kappa shape index (κ2) is 7.84. The Morgan fingerprint density at radius 2 is 1.97 bits per heavy atom. The lowest BCUT2D eigenvalue weighted by Gasteiger charge is -2.10. The predicted octanol–water partition coefficient (Wildman–Crippen LogP) is 5.97. The number of aryl methyl sites for hydroxylation is 3. The highest BCUT2D eigenvalue weighted by molar-refractivity contribution is 6.30. The highest BCUT2D eigenvalue weighted by Crippen LogP contribution is 2.40. The minimum atomic E-state index is 0.590. The van der Waals surface area contributed by atoms with Gasteiger partial charge in [-0.2, -0.15) is 0 Å². The van der Waals surface area contributed by atoms with Crippen LogP contribution in [0.4, 0.5) is 5.82 Å². The first-order chi connectivity index (χ1) is 15.4. The molecule has 3 aromatic heterocycles. The van der Waals surface area contributed by atoms with Gasteiger partial charge in [-0.25, -0.2) is 9.97 Å². The third kappa shape index (κ3) is 3.44. The molecule has 32 heavy (non-hydrogen) atoms. The van der Waals surface area contributed by atoms with Gasteiger partial charge in [-0.15, -0.1) is 0 Å². The summed E-state index contributed by atoms with van der Waals surface area (Å²) in [5.74, 6) is 2.91. The molecule has 0 aliphatic rings. The molecule has 7 nitrogen and oxygen atoms in total. The second-order valence-electron chi connectivity index (χ2n) is 7.75. The molecule has 2 N–H and O–H groups in total. The van der Waals surface area contributed by atoms with E-state index in [0.29, 0.717) is 17.4 Å². The Morgan fingerprint density at radius 1 is 1.12 bits per heavy atom. The molecule has 0 spiro atoms. The van der Waals surface area contributed by atoms with Crippen LogP contribution in [0.25, 0.3) is 33.1 Å². The fraction of sp³-hybridized carbons (Fsp3) is 0.208. The summed E-state index contributed by atoms with van der Waals surface area (Å²) in [6.07, 6.45) is 0. The fourth-order valence-electron chi connectivity index (χ4n) is 4.13. The number of benzene rings is 2. The zero-order valence-corrected chi connectivity index (χ0v) is 19.0. The minimum absolute atomic E-state index is 0.590. The van der Waals surface area contributed by atoms with E-state index in [-0.39, 0.29) is 0 Å². The average Bonchev–Trinajstić information content (AvgIpc) is 3.29. The number of aromatic nitrogens is 4. The van der Waals surface area contributed by atoms with Crippen molar-refractivity contribution in [1.82, 2.24) is 20.1 Å². The second-order valence-corrected chi connectivity index (χ2v) is 8.19. The van der Waals surface area contributed by atoms with Crippen molar-refractivity contribution in [2.75, 3.05) is 12.4 Å². The van der Waals surface area contributed by atoms with Gasteiger partial charge in [0.2, 0.25) is 0 Å². The maximum Gasteiger partial charge on any atom is 0.144 e. The number of halogens is 1. The van der Waals surface area contributed by atoms with Crippen molar-refractivity contribution >= 4 is 39.4 Å². The first-order valence-electron chi connectivity index (χ1n) is 10.2. The lowest BCUT2D eigenvalue weighted by atomic mass is 10.0. The molecule has 0 bridgehead atoms. The maximum absolute atomic E-state index is 6.14. The Bertz CT molecular complexity index is 1450. The van der Waals surface area contributed by atoms with Gasteiger partial charge in [0, 0.05) is 28.0 Å². The Labute approximate surface area is 189 Å². The summed E-state index contributed by atoms with van der Waals surface area (Å²) in [7, 11) is 1.66. The topological polar surface area (TPSA) is 88.9 Å². The molecule has 0 aliphatic carbocycles. The van der Waals surface area contributed by atoms with E-state index < -0.39 is 0 Å². The van der Waals surface area contributed by atoms with Crippen LogP contribution < -0.4 is 10.1 Å².